The Morgan fingerprint density at radius 3 is 1.23 bits per heavy atom. The Labute approximate surface area is 359 Å². The molecule has 292 valence electrons. The number of unbranched alkanes of at least 4 members (excludes halogenated alkanes) is 2. The molecule has 0 bridgehead atoms. The Bertz CT molecular complexity index is 2420. The molecule has 6 aromatic carbocycles. The second-order valence-corrected chi connectivity index (χ2v) is 28.9. The zero-order chi connectivity index (χ0) is 38.2. The molecule has 0 aromatic heterocycles. The summed E-state index contributed by atoms with van der Waals surface area (Å²) < 4.78 is 4.32. The molecule has 1 saturated heterocycles. The Hall–Kier alpha value is -3.22. The van der Waals surface area contributed by atoms with Crippen LogP contribution in [0.25, 0.3) is 56.0 Å². The standard InChI is InChI=1S/2C26H27.C2H4.2ClH.Zr/c2*1-5-6-9-20-14-24-18(3)17(2)19(4)26(25(24)15-20)23-13-12-21-10-7-8-11-22(21)16-23;1-2;;;/h2*7-8,10-16H,5-6,9H2,1-4H3;1-2H2;2*1H;/q;;;;;+2/p-2. The van der Waals surface area contributed by atoms with E-state index in [0.717, 1.165) is 0 Å². The summed E-state index contributed by atoms with van der Waals surface area (Å²) in [6.45, 7) is 19.4. The third-order valence-corrected chi connectivity index (χ3v) is 27.6. The summed E-state index contributed by atoms with van der Waals surface area (Å²) in [5, 5.41) is 5.32. The van der Waals surface area contributed by atoms with Crippen LogP contribution < -0.4 is 24.8 Å². The monoisotopic (exact) mass is 866 g/mol. The minimum atomic E-state index is -3.02. The fraction of sp³-hybridized carbons (Fsp3) is 0.333. The van der Waals surface area contributed by atoms with Crippen LogP contribution >= 0.6 is 0 Å². The van der Waals surface area contributed by atoms with Crippen molar-refractivity contribution in [3.05, 3.63) is 152 Å². The van der Waals surface area contributed by atoms with Gasteiger partial charge >= 0.3 is 337 Å². The second kappa shape index (κ2) is 16.4. The van der Waals surface area contributed by atoms with E-state index in [1.54, 1.807) is 44.5 Å². The van der Waals surface area contributed by atoms with E-state index in [0.29, 0.717) is 7.25 Å². The molecule has 0 saturated carbocycles. The molecule has 2 atom stereocenters. The second-order valence-electron chi connectivity index (χ2n) is 17.5. The third-order valence-electron chi connectivity index (χ3n) is 14.6. The van der Waals surface area contributed by atoms with Gasteiger partial charge < -0.3 is 24.8 Å². The predicted molar refractivity (Wildman–Crippen MR) is 237 cm³/mol. The van der Waals surface area contributed by atoms with Gasteiger partial charge in [0.2, 0.25) is 0 Å². The topological polar surface area (TPSA) is 0 Å². The van der Waals surface area contributed by atoms with Crippen molar-refractivity contribution in [2.45, 2.75) is 109 Å². The Morgan fingerprint density at radius 1 is 0.474 bits per heavy atom. The molecule has 0 radical (unpaired) electrons. The van der Waals surface area contributed by atoms with Gasteiger partial charge in [-0.1, -0.05) is 0 Å². The molecule has 6 aromatic rings. The van der Waals surface area contributed by atoms with Crippen molar-refractivity contribution in [1.29, 1.82) is 0 Å². The van der Waals surface area contributed by atoms with E-state index >= 15 is 0 Å². The molecular formula is C54H58Cl2Zr. The van der Waals surface area contributed by atoms with E-state index in [4.69, 9.17) is 0 Å². The first-order chi connectivity index (χ1) is 26.7. The van der Waals surface area contributed by atoms with E-state index in [-0.39, 0.29) is 24.8 Å². The molecule has 9 rings (SSSR count). The van der Waals surface area contributed by atoms with Crippen molar-refractivity contribution in [3.63, 3.8) is 0 Å². The number of rotatable bonds is 10. The van der Waals surface area contributed by atoms with Gasteiger partial charge in [-0.25, -0.2) is 0 Å². The maximum Gasteiger partial charge on any atom is -1.00 e. The van der Waals surface area contributed by atoms with Crippen LogP contribution in [0, 0.1) is 41.5 Å². The summed E-state index contributed by atoms with van der Waals surface area (Å²) in [7, 11) is 0. The van der Waals surface area contributed by atoms with Gasteiger partial charge in [0, 0.05) is 0 Å². The van der Waals surface area contributed by atoms with Crippen molar-refractivity contribution in [1.82, 2.24) is 0 Å². The van der Waals surface area contributed by atoms with Gasteiger partial charge in [-0.3, -0.25) is 0 Å². The third kappa shape index (κ3) is 6.77. The average Bonchev–Trinajstić information content (AvgIpc) is 3.76. The smallest absolute Gasteiger partial charge is 1.00 e. The van der Waals surface area contributed by atoms with Crippen molar-refractivity contribution in [3.8, 4) is 22.3 Å². The van der Waals surface area contributed by atoms with E-state index in [1.165, 1.54) is 113 Å². The number of hydrogen-bond acceptors (Lipinski definition) is 0. The molecule has 0 spiro atoms. The average molecular weight is 869 g/mol. The minimum absolute atomic E-state index is 0. The van der Waals surface area contributed by atoms with Gasteiger partial charge in [0.05, 0.1) is 0 Å². The van der Waals surface area contributed by atoms with Crippen LogP contribution in [0.15, 0.2) is 96.1 Å². The quantitative estimate of drug-likeness (QED) is 0.129. The molecular weight excluding hydrogens is 811 g/mol. The Kier molecular flexibility index (Phi) is 12.1. The number of benzene rings is 6. The molecule has 2 aliphatic carbocycles. The van der Waals surface area contributed by atoms with Crippen LogP contribution in [0.1, 0.15) is 115 Å². The fourth-order valence-corrected chi connectivity index (χ4v) is 29.2. The SMILES string of the molecule is CCCCC1=Cc2c(-c3ccc4ccccc4c3)c(C)c(C)c(C)c2[CH]1[Zr+2]1([CH]2C(CCCC)=Cc3c(-c4ccc5ccccc5c4)c(C)c(C)c(C)c32)[CH2][CH2]1.[Cl-].[Cl-]. The number of fused-ring (bicyclic) bond motifs is 4. The normalized spacial score (nSPS) is 16.9. The largest absolute Gasteiger partial charge is 1.00 e. The summed E-state index contributed by atoms with van der Waals surface area (Å²) in [6, 6.07) is 32.2. The summed E-state index contributed by atoms with van der Waals surface area (Å²) >= 11 is -3.02. The van der Waals surface area contributed by atoms with Gasteiger partial charge in [-0.2, -0.15) is 0 Å². The molecule has 1 aliphatic heterocycles. The van der Waals surface area contributed by atoms with Crippen LogP contribution in [0.4, 0.5) is 0 Å². The van der Waals surface area contributed by atoms with Crippen molar-refractivity contribution in [2.24, 2.45) is 0 Å². The van der Waals surface area contributed by atoms with E-state index in [1.807, 2.05) is 0 Å². The Morgan fingerprint density at radius 2 is 0.860 bits per heavy atom. The zero-order valence-corrected chi connectivity index (χ0v) is 39.3. The van der Waals surface area contributed by atoms with Crippen molar-refractivity contribution < 1.29 is 45.1 Å². The van der Waals surface area contributed by atoms with Crippen molar-refractivity contribution >= 4 is 33.7 Å². The molecule has 0 nitrogen and oxygen atoms in total. The molecule has 2 unspecified atom stereocenters. The molecule has 0 amide bonds. The summed E-state index contributed by atoms with van der Waals surface area (Å²) in [4.78, 5) is 0. The van der Waals surface area contributed by atoms with Gasteiger partial charge in [-0.15, -0.1) is 0 Å². The molecule has 57 heavy (non-hydrogen) atoms. The van der Waals surface area contributed by atoms with Crippen molar-refractivity contribution in [2.75, 3.05) is 0 Å². The van der Waals surface area contributed by atoms with E-state index < -0.39 is 20.3 Å². The maximum atomic E-state index is 2.76. The first-order valence-electron chi connectivity index (χ1n) is 21.3. The molecule has 0 N–H and O–H groups in total. The summed E-state index contributed by atoms with van der Waals surface area (Å²) in [5.41, 5.74) is 25.1. The van der Waals surface area contributed by atoms with Gasteiger partial charge in [0.1, 0.15) is 0 Å². The number of allylic oxidation sites excluding steroid dienone is 2. The molecule has 1 heterocycles. The van der Waals surface area contributed by atoms with Gasteiger partial charge in [-0.05, 0) is 0 Å². The fourth-order valence-electron chi connectivity index (χ4n) is 11.2. The Balaban J connectivity index is 0.00000248. The number of hydrogen-bond donors (Lipinski definition) is 0. The zero-order valence-electron chi connectivity index (χ0n) is 35.3. The first kappa shape index (κ1) is 41.9. The van der Waals surface area contributed by atoms with Gasteiger partial charge in [0.15, 0.2) is 0 Å². The molecule has 1 fully saturated rings. The van der Waals surface area contributed by atoms with Crippen LogP contribution in [0.2, 0.25) is 8.26 Å². The number of halogens is 2. The summed E-state index contributed by atoms with van der Waals surface area (Å²) in [5.74, 6) is 0. The maximum absolute atomic E-state index is 3.02. The first-order valence-corrected chi connectivity index (χ1v) is 27.7. The van der Waals surface area contributed by atoms with E-state index in [9.17, 15) is 0 Å². The molecule has 3 heteroatoms. The minimum Gasteiger partial charge on any atom is -1.00 e. The van der Waals surface area contributed by atoms with Crippen LogP contribution in [-0.2, 0) is 20.3 Å². The van der Waals surface area contributed by atoms with E-state index in [2.05, 4.69) is 152 Å². The van der Waals surface area contributed by atoms with Gasteiger partial charge in [0.25, 0.3) is 0 Å². The summed E-state index contributed by atoms with van der Waals surface area (Å²) in [6.07, 6.45) is 13.1. The van der Waals surface area contributed by atoms with Crippen LogP contribution in [0.3, 0.4) is 0 Å². The molecule has 3 aliphatic rings. The predicted octanol–water partition coefficient (Wildman–Crippen LogP) is 10.1. The van der Waals surface area contributed by atoms with Crippen LogP contribution in [-0.4, -0.2) is 0 Å². The van der Waals surface area contributed by atoms with Crippen LogP contribution in [0.5, 0.6) is 0 Å².